The van der Waals surface area contributed by atoms with Gasteiger partial charge in [-0.3, -0.25) is 8.75 Å². The molecular weight excluding hydrogens is 407 g/mol. The fourth-order valence-corrected chi connectivity index (χ4v) is 5.18. The Morgan fingerprint density at radius 1 is 0.929 bits per heavy atom. The van der Waals surface area contributed by atoms with E-state index in [1.807, 2.05) is 0 Å². The highest BCUT2D eigenvalue weighted by atomic mass is 32.2. The van der Waals surface area contributed by atoms with Gasteiger partial charge in [0.15, 0.2) is 0 Å². The van der Waals surface area contributed by atoms with Crippen molar-refractivity contribution in [3.05, 3.63) is 71.8 Å². The third kappa shape index (κ3) is 7.10. The van der Waals surface area contributed by atoms with Gasteiger partial charge in [0.1, 0.15) is 6.10 Å². The minimum absolute atomic E-state index is 0.172. The van der Waals surface area contributed by atoms with Crippen LogP contribution >= 0.6 is 7.60 Å². The first kappa shape index (κ1) is 22.7. The molecule has 0 saturated heterocycles. The van der Waals surface area contributed by atoms with Crippen LogP contribution in [0.5, 0.6) is 0 Å². The highest BCUT2D eigenvalue weighted by Crippen LogP contribution is 2.56. The average Bonchev–Trinajstić information content (AvgIpc) is 2.69. The third-order valence-corrected chi connectivity index (χ3v) is 6.36. The topological polar surface area (TPSA) is 119 Å². The second-order valence-corrected chi connectivity index (χ2v) is 9.70. The molecule has 8 nitrogen and oxygen atoms in total. The molecule has 2 aromatic carbocycles. The van der Waals surface area contributed by atoms with Crippen molar-refractivity contribution in [1.82, 2.24) is 0 Å². The predicted octanol–water partition coefficient (Wildman–Crippen LogP) is 2.27. The number of hydrogen-bond donors (Lipinski definition) is 2. The zero-order valence-corrected chi connectivity index (χ0v) is 17.0. The first-order chi connectivity index (χ1) is 13.2. The number of rotatable bonds is 11. The van der Waals surface area contributed by atoms with E-state index in [1.165, 1.54) is 0 Å². The van der Waals surface area contributed by atoms with E-state index in [4.69, 9.17) is 13.2 Å². The van der Waals surface area contributed by atoms with E-state index in [2.05, 4.69) is 0 Å². The molecule has 0 aliphatic rings. The van der Waals surface area contributed by atoms with Gasteiger partial charge in [-0.05, 0) is 11.1 Å². The van der Waals surface area contributed by atoms with Crippen LogP contribution in [0.25, 0.3) is 0 Å². The Balaban J connectivity index is 2.29. The Bertz CT molecular complexity index is 825. The summed E-state index contributed by atoms with van der Waals surface area (Å²) in [5.74, 6) is -1.92. The normalized spacial score (nSPS) is 14.5. The second-order valence-electron chi connectivity index (χ2n) is 6.00. The number of aliphatic hydroxyl groups is 2. The number of aliphatic hydroxyl groups excluding tert-OH is 2. The van der Waals surface area contributed by atoms with Gasteiger partial charge in [0.05, 0.1) is 26.1 Å². The van der Waals surface area contributed by atoms with Crippen LogP contribution < -0.4 is 0 Å². The largest absolute Gasteiger partial charge is 0.394 e. The summed E-state index contributed by atoms with van der Waals surface area (Å²) in [4.78, 5) is 0. The Kier molecular flexibility index (Phi) is 8.33. The van der Waals surface area contributed by atoms with Gasteiger partial charge in [-0.15, -0.1) is 0 Å². The minimum Gasteiger partial charge on any atom is -0.394 e. The lowest BCUT2D eigenvalue weighted by Gasteiger charge is -2.28. The fourth-order valence-electron chi connectivity index (χ4n) is 2.26. The molecule has 0 aromatic heterocycles. The van der Waals surface area contributed by atoms with Crippen molar-refractivity contribution in [2.75, 3.05) is 12.9 Å². The molecule has 0 heterocycles. The molecule has 10 heteroatoms. The first-order valence-corrected chi connectivity index (χ1v) is 11.8. The van der Waals surface area contributed by atoms with Crippen LogP contribution in [0.3, 0.4) is 0 Å². The van der Waals surface area contributed by atoms with Gasteiger partial charge in [-0.1, -0.05) is 60.7 Å². The monoisotopic (exact) mass is 430 g/mol. The molecule has 2 aromatic rings. The minimum atomic E-state index is -4.34. The molecule has 0 radical (unpaired) electrons. The maximum atomic E-state index is 13.4. The summed E-state index contributed by atoms with van der Waals surface area (Å²) >= 11 is 0. The van der Waals surface area contributed by atoms with Crippen molar-refractivity contribution in [2.45, 2.75) is 25.2 Å². The third-order valence-electron chi connectivity index (χ3n) is 3.61. The smallest absolute Gasteiger partial charge is 0.364 e. The van der Waals surface area contributed by atoms with E-state index >= 15 is 0 Å². The zero-order valence-electron chi connectivity index (χ0n) is 15.2. The lowest BCUT2D eigenvalue weighted by molar-refractivity contribution is 0.0176. The summed E-state index contributed by atoms with van der Waals surface area (Å²) in [5.41, 5.74) is 1.31. The lowest BCUT2D eigenvalue weighted by Crippen LogP contribution is -2.35. The first-order valence-electron chi connectivity index (χ1n) is 8.37. The van der Waals surface area contributed by atoms with Gasteiger partial charge in [0, 0.05) is 0 Å². The van der Waals surface area contributed by atoms with Gasteiger partial charge in [0.2, 0.25) is 5.85 Å². The van der Waals surface area contributed by atoms with Crippen LogP contribution in [0, 0.1) is 0 Å². The zero-order chi connectivity index (χ0) is 20.6. The average molecular weight is 430 g/mol. The van der Waals surface area contributed by atoms with E-state index in [1.54, 1.807) is 60.7 Å². The lowest BCUT2D eigenvalue weighted by atomic mass is 10.2. The van der Waals surface area contributed by atoms with Crippen LogP contribution in [0.2, 0.25) is 0 Å². The van der Waals surface area contributed by atoms with Gasteiger partial charge < -0.3 is 19.3 Å². The predicted molar refractivity (Wildman–Crippen MR) is 103 cm³/mol. The summed E-state index contributed by atoms with van der Waals surface area (Å²) in [6.07, 6.45) is -1.06. The van der Waals surface area contributed by atoms with Crippen LogP contribution in [0.4, 0.5) is 0 Å². The van der Waals surface area contributed by atoms with Crippen molar-refractivity contribution in [3.8, 4) is 0 Å². The molecule has 154 valence electrons. The molecule has 0 amide bonds. The molecule has 28 heavy (non-hydrogen) atoms. The molecule has 0 saturated carbocycles. The Hall–Kier alpha value is -1.58. The van der Waals surface area contributed by atoms with Gasteiger partial charge in [0.25, 0.3) is 10.1 Å². The SMILES string of the molecule is CS(=O)(=O)O[C@@H]([C@H](O)CO)P(=O)(OCc1ccccc1)OCc1ccccc1. The van der Waals surface area contributed by atoms with E-state index in [9.17, 15) is 23.2 Å². The van der Waals surface area contributed by atoms with Crippen molar-refractivity contribution in [1.29, 1.82) is 0 Å². The molecule has 2 N–H and O–H groups in total. The Morgan fingerprint density at radius 2 is 1.36 bits per heavy atom. The molecule has 0 bridgehead atoms. The summed E-state index contributed by atoms with van der Waals surface area (Å²) < 4.78 is 52.3. The molecule has 0 unspecified atom stereocenters. The van der Waals surface area contributed by atoms with Gasteiger partial charge >= 0.3 is 7.60 Å². The van der Waals surface area contributed by atoms with E-state index < -0.39 is 36.3 Å². The van der Waals surface area contributed by atoms with Crippen molar-refractivity contribution in [3.63, 3.8) is 0 Å². The molecule has 0 spiro atoms. The van der Waals surface area contributed by atoms with E-state index in [-0.39, 0.29) is 13.2 Å². The second kappa shape index (κ2) is 10.3. The maximum absolute atomic E-state index is 13.4. The molecule has 2 atom stereocenters. The van der Waals surface area contributed by atoms with E-state index in [0.29, 0.717) is 11.1 Å². The van der Waals surface area contributed by atoms with Gasteiger partial charge in [-0.25, -0.2) is 0 Å². The highest BCUT2D eigenvalue weighted by molar-refractivity contribution is 7.86. The molecular formula is C18H23O8PS. The molecule has 0 aliphatic carbocycles. The molecule has 0 fully saturated rings. The van der Waals surface area contributed by atoms with Crippen molar-refractivity contribution in [2.24, 2.45) is 0 Å². The quantitative estimate of drug-likeness (QED) is 0.412. The summed E-state index contributed by atoms with van der Waals surface area (Å²) in [6.45, 7) is -1.24. The Labute approximate surface area is 164 Å². The fraction of sp³-hybridized carbons (Fsp3) is 0.333. The molecule has 0 aliphatic heterocycles. The summed E-state index contributed by atoms with van der Waals surface area (Å²) in [6, 6.07) is 17.5. The summed E-state index contributed by atoms with van der Waals surface area (Å²) in [5, 5.41) is 19.3. The standard InChI is InChI=1S/C18H23O8PS/c1-28(22,23)26-18(17(20)12-19)27(21,24-13-15-8-4-2-5-9-15)25-14-16-10-6-3-7-11-16/h2-11,17-20H,12-14H2,1H3/t17-,18-/m1/s1. The van der Waals surface area contributed by atoms with Crippen LogP contribution in [-0.4, -0.2) is 43.4 Å². The van der Waals surface area contributed by atoms with Gasteiger partial charge in [-0.2, -0.15) is 8.42 Å². The highest BCUT2D eigenvalue weighted by Gasteiger charge is 2.44. The van der Waals surface area contributed by atoms with Crippen LogP contribution in [0.15, 0.2) is 60.7 Å². The van der Waals surface area contributed by atoms with Crippen LogP contribution in [0.1, 0.15) is 11.1 Å². The maximum Gasteiger partial charge on any atom is 0.364 e. The molecule has 2 rings (SSSR count). The van der Waals surface area contributed by atoms with E-state index in [0.717, 1.165) is 6.26 Å². The van der Waals surface area contributed by atoms with Crippen molar-refractivity contribution >= 4 is 17.7 Å². The van der Waals surface area contributed by atoms with Crippen molar-refractivity contribution < 1.29 is 36.4 Å². The van der Waals surface area contributed by atoms with Crippen LogP contribution in [-0.2, 0) is 41.1 Å². The summed E-state index contributed by atoms with van der Waals surface area (Å²) in [7, 11) is -8.47. The Morgan fingerprint density at radius 3 is 1.71 bits per heavy atom. The number of benzene rings is 2. The number of hydrogen-bond acceptors (Lipinski definition) is 8.